The van der Waals surface area contributed by atoms with Gasteiger partial charge < -0.3 is 9.13 Å². The van der Waals surface area contributed by atoms with Gasteiger partial charge in [0.05, 0.1) is 27.8 Å². The van der Waals surface area contributed by atoms with Crippen molar-refractivity contribution in [3.63, 3.8) is 0 Å². The molecule has 0 unspecified atom stereocenters. The van der Waals surface area contributed by atoms with Gasteiger partial charge in [-0.25, -0.2) is 0 Å². The van der Waals surface area contributed by atoms with Crippen LogP contribution in [0.25, 0.3) is 77.2 Å². The highest BCUT2D eigenvalue weighted by molar-refractivity contribution is 7.20. The van der Waals surface area contributed by atoms with Crippen LogP contribution in [0.15, 0.2) is 255 Å². The minimum absolute atomic E-state index is 1.13. The predicted molar refractivity (Wildman–Crippen MR) is 270 cm³/mol. The van der Waals surface area contributed by atoms with Crippen molar-refractivity contribution in [1.29, 1.82) is 0 Å². The zero-order valence-electron chi connectivity index (χ0n) is 34.6. The summed E-state index contributed by atoms with van der Waals surface area (Å²) < 4.78 is 5.03. The van der Waals surface area contributed by atoms with Gasteiger partial charge >= 0.3 is 0 Å². The molecular formula is C60H42N2Si. The van der Waals surface area contributed by atoms with Crippen molar-refractivity contribution in [1.82, 2.24) is 9.13 Å². The number of hydrogen-bond donors (Lipinski definition) is 0. The van der Waals surface area contributed by atoms with Gasteiger partial charge in [-0.05, 0) is 85.5 Å². The summed E-state index contributed by atoms with van der Waals surface area (Å²) in [5.74, 6) is 0. The van der Waals surface area contributed by atoms with Crippen LogP contribution >= 0.6 is 0 Å². The Morgan fingerprint density at radius 2 is 0.746 bits per heavy atom. The normalized spacial score (nSPS) is 11.8. The molecule has 0 amide bonds. The van der Waals surface area contributed by atoms with Crippen LogP contribution in [0.3, 0.4) is 0 Å². The molecule has 3 heteroatoms. The Labute approximate surface area is 368 Å². The van der Waals surface area contributed by atoms with E-state index < -0.39 is 8.07 Å². The molecule has 0 atom stereocenters. The lowest BCUT2D eigenvalue weighted by atomic mass is 10.0. The molecule has 0 spiro atoms. The summed E-state index contributed by atoms with van der Waals surface area (Å²) in [4.78, 5) is 0. The zero-order valence-corrected chi connectivity index (χ0v) is 35.6. The molecule has 0 bridgehead atoms. The summed E-state index contributed by atoms with van der Waals surface area (Å²) in [5.41, 5.74) is 11.8. The topological polar surface area (TPSA) is 9.86 Å². The third-order valence-corrected chi connectivity index (χ3v) is 17.9. The molecule has 12 rings (SSSR count). The molecule has 0 radical (unpaired) electrons. The minimum atomic E-state index is -2.96. The quantitative estimate of drug-likeness (QED) is 0.107. The second-order valence-corrected chi connectivity index (χ2v) is 20.2. The van der Waals surface area contributed by atoms with Crippen LogP contribution in [0.4, 0.5) is 0 Å². The van der Waals surface area contributed by atoms with E-state index in [1.54, 1.807) is 0 Å². The van der Waals surface area contributed by atoms with Crippen LogP contribution in [0.1, 0.15) is 0 Å². The van der Waals surface area contributed by atoms with Crippen molar-refractivity contribution >= 4 is 72.4 Å². The van der Waals surface area contributed by atoms with E-state index in [0.29, 0.717) is 0 Å². The highest BCUT2D eigenvalue weighted by atomic mass is 28.3. The first kappa shape index (κ1) is 36.8. The Bertz CT molecular complexity index is 3480. The molecule has 2 nitrogen and oxygen atoms in total. The molecular weight excluding hydrogens is 777 g/mol. The van der Waals surface area contributed by atoms with E-state index in [9.17, 15) is 0 Å². The number of hydrogen-bond acceptors (Lipinski definition) is 0. The van der Waals surface area contributed by atoms with Gasteiger partial charge in [0.1, 0.15) is 0 Å². The van der Waals surface area contributed by atoms with Crippen molar-refractivity contribution in [3.8, 4) is 33.6 Å². The third-order valence-electron chi connectivity index (χ3n) is 13.1. The first-order valence-electron chi connectivity index (χ1n) is 21.8. The Balaban J connectivity index is 1.22. The molecule has 0 aliphatic rings. The van der Waals surface area contributed by atoms with Crippen LogP contribution in [0.2, 0.25) is 0 Å². The molecule has 63 heavy (non-hydrogen) atoms. The summed E-state index contributed by atoms with van der Waals surface area (Å²) in [7, 11) is -2.96. The van der Waals surface area contributed by atoms with Crippen molar-refractivity contribution in [2.75, 3.05) is 0 Å². The van der Waals surface area contributed by atoms with E-state index in [1.165, 1.54) is 86.6 Å². The van der Waals surface area contributed by atoms with Gasteiger partial charge in [-0.15, -0.1) is 0 Å². The van der Waals surface area contributed by atoms with Gasteiger partial charge in [0, 0.05) is 27.2 Å². The van der Waals surface area contributed by atoms with Crippen LogP contribution in [0.5, 0.6) is 0 Å². The van der Waals surface area contributed by atoms with E-state index >= 15 is 0 Å². The number of rotatable bonds is 8. The van der Waals surface area contributed by atoms with E-state index in [1.807, 2.05) is 0 Å². The largest absolute Gasteiger partial charge is 0.307 e. The fourth-order valence-corrected chi connectivity index (χ4v) is 15.4. The molecule has 0 N–H and O–H groups in total. The lowest BCUT2D eigenvalue weighted by Gasteiger charge is -2.35. The second kappa shape index (κ2) is 15.2. The van der Waals surface area contributed by atoms with Gasteiger partial charge in [0.15, 0.2) is 8.07 Å². The van der Waals surface area contributed by atoms with Gasteiger partial charge in [0.2, 0.25) is 0 Å². The van der Waals surface area contributed by atoms with Crippen LogP contribution in [0, 0.1) is 0 Å². The molecule has 0 aliphatic carbocycles. The molecule has 0 saturated heterocycles. The summed E-state index contributed by atoms with van der Waals surface area (Å²) in [5, 5.41) is 10.4. The summed E-state index contributed by atoms with van der Waals surface area (Å²) in [6.07, 6.45) is 0. The predicted octanol–water partition coefficient (Wildman–Crippen LogP) is 12.6. The Morgan fingerprint density at radius 1 is 0.286 bits per heavy atom. The maximum Gasteiger partial charge on any atom is 0.180 e. The van der Waals surface area contributed by atoms with Gasteiger partial charge in [0.25, 0.3) is 0 Å². The molecule has 0 saturated carbocycles. The van der Waals surface area contributed by atoms with Gasteiger partial charge in [-0.3, -0.25) is 0 Å². The highest BCUT2D eigenvalue weighted by Gasteiger charge is 2.43. The molecule has 2 heterocycles. The maximum atomic E-state index is 2.55. The van der Waals surface area contributed by atoms with Crippen molar-refractivity contribution in [2.24, 2.45) is 0 Å². The van der Waals surface area contributed by atoms with Crippen molar-refractivity contribution < 1.29 is 0 Å². The fourth-order valence-electron chi connectivity index (χ4n) is 10.4. The summed E-state index contributed by atoms with van der Waals surface area (Å²) >= 11 is 0. The first-order chi connectivity index (χ1) is 31.3. The minimum Gasteiger partial charge on any atom is -0.307 e. The third kappa shape index (κ3) is 5.85. The Hall–Kier alpha value is -7.98. The Kier molecular flexibility index (Phi) is 8.87. The summed E-state index contributed by atoms with van der Waals surface area (Å²) in [6, 6.07) is 94.3. The van der Waals surface area contributed by atoms with E-state index in [0.717, 1.165) is 11.4 Å². The molecule has 2 aromatic heterocycles. The van der Waals surface area contributed by atoms with E-state index in [-0.39, 0.29) is 0 Å². The van der Waals surface area contributed by atoms with Gasteiger partial charge in [-0.2, -0.15) is 0 Å². The highest BCUT2D eigenvalue weighted by Crippen LogP contribution is 2.41. The molecule has 10 aromatic carbocycles. The average molecular weight is 819 g/mol. The molecule has 296 valence electrons. The first-order valence-corrected chi connectivity index (χ1v) is 23.8. The van der Waals surface area contributed by atoms with Crippen LogP contribution in [-0.4, -0.2) is 17.2 Å². The van der Waals surface area contributed by atoms with E-state index in [2.05, 4.69) is 264 Å². The number of aromatic nitrogens is 2. The number of para-hydroxylation sites is 2. The molecule has 12 aromatic rings. The lowest BCUT2D eigenvalue weighted by Crippen LogP contribution is -2.74. The van der Waals surface area contributed by atoms with Crippen LogP contribution in [-0.2, 0) is 0 Å². The average Bonchev–Trinajstić information content (AvgIpc) is 3.89. The van der Waals surface area contributed by atoms with Crippen molar-refractivity contribution in [2.45, 2.75) is 0 Å². The van der Waals surface area contributed by atoms with Gasteiger partial charge in [-0.1, -0.05) is 212 Å². The van der Waals surface area contributed by atoms with Crippen LogP contribution < -0.4 is 20.7 Å². The number of fused-ring (bicyclic) bond motifs is 6. The second-order valence-electron chi connectivity index (χ2n) is 16.4. The molecule has 0 fully saturated rings. The van der Waals surface area contributed by atoms with E-state index in [4.69, 9.17) is 0 Å². The standard InChI is InChI=1S/C60H42N2Si/c1-6-20-43(21-7-1)45-36-39-47(40-37-45)61-54-32-17-16-30-51(54)52-31-18-34-57(60(52)61)62-55-41-38-46(44-22-8-2-9-23-44)42-53(55)59-56(62)33-19-35-58(59)63(48-24-10-3-11-25-48,49-26-12-4-13-27-49)50-28-14-5-15-29-50/h1-42H. The zero-order chi connectivity index (χ0) is 41.7. The smallest absolute Gasteiger partial charge is 0.180 e. The SMILES string of the molecule is c1ccc(-c2ccc(-n3c4ccccc4c4cccc(-n5c6ccc(-c7ccccc7)cc6c6c([Si](c7ccccc7)(c7ccccc7)c7ccccc7)cccc65)c43)cc2)cc1. The Morgan fingerprint density at radius 3 is 1.37 bits per heavy atom. The van der Waals surface area contributed by atoms with Crippen molar-refractivity contribution in [3.05, 3.63) is 255 Å². The molecule has 0 aliphatic heterocycles. The lowest BCUT2D eigenvalue weighted by molar-refractivity contribution is 1.13. The summed E-state index contributed by atoms with van der Waals surface area (Å²) in [6.45, 7) is 0. The monoisotopic (exact) mass is 818 g/mol. The number of nitrogens with zero attached hydrogens (tertiary/aromatic N) is 2. The number of benzene rings is 10. The maximum absolute atomic E-state index is 2.96. The fraction of sp³-hybridized carbons (Fsp3) is 0.